The lowest BCUT2D eigenvalue weighted by Crippen LogP contribution is -2.47. The average molecular weight is 683 g/mol. The molecule has 6 rings (SSSR count). The van der Waals surface area contributed by atoms with Crippen molar-refractivity contribution >= 4 is 28.8 Å². The van der Waals surface area contributed by atoms with E-state index in [0.29, 0.717) is 25.6 Å². The molecule has 4 aliphatic rings. The highest BCUT2D eigenvalue weighted by atomic mass is 16.5. The van der Waals surface area contributed by atoms with Gasteiger partial charge in [0.15, 0.2) is 5.94 Å². The van der Waals surface area contributed by atoms with Crippen LogP contribution in [0.1, 0.15) is 52.5 Å². The minimum atomic E-state index is -0.545. The highest BCUT2D eigenvalue weighted by Crippen LogP contribution is 2.41. The first kappa shape index (κ1) is 35.5. The highest BCUT2D eigenvalue weighted by molar-refractivity contribution is 5.76. The second kappa shape index (κ2) is 15.7. The van der Waals surface area contributed by atoms with E-state index in [2.05, 4.69) is 75.0 Å². The Morgan fingerprint density at radius 1 is 1.08 bits per heavy atom. The summed E-state index contributed by atoms with van der Waals surface area (Å²) in [7, 11) is 0. The summed E-state index contributed by atoms with van der Waals surface area (Å²) in [5.74, 6) is 4.48. The molecule has 0 aromatic carbocycles. The Bertz CT molecular complexity index is 1630. The molecule has 0 spiro atoms. The van der Waals surface area contributed by atoms with Gasteiger partial charge in [-0.15, -0.1) is 0 Å². The number of ether oxygens (including phenoxy) is 2. The van der Waals surface area contributed by atoms with Gasteiger partial charge in [0.25, 0.3) is 5.88 Å². The van der Waals surface area contributed by atoms with Gasteiger partial charge in [0.1, 0.15) is 23.7 Å². The summed E-state index contributed by atoms with van der Waals surface area (Å²) >= 11 is 0. The number of aromatic nitrogens is 2. The van der Waals surface area contributed by atoms with Crippen LogP contribution in [0.15, 0.2) is 66.0 Å². The summed E-state index contributed by atoms with van der Waals surface area (Å²) in [5.41, 5.74) is 6.41. The molecule has 268 valence electrons. The van der Waals surface area contributed by atoms with Gasteiger partial charge < -0.3 is 34.8 Å². The smallest absolute Gasteiger partial charge is 0.283 e. The van der Waals surface area contributed by atoms with Gasteiger partial charge >= 0.3 is 0 Å². The zero-order chi connectivity index (χ0) is 35.3. The van der Waals surface area contributed by atoms with E-state index in [0.717, 1.165) is 79.2 Å². The molecule has 0 bridgehead atoms. The molecule has 6 heterocycles. The SMILES string of the molecule is C=C(/C=C1/CN(c2cnc3c(c2C)N(C(=C=O)OC(C)(C)C)CCO3)CC/C1=C/C)Nc1ccc(N2CCC(CN3CCNCC3)CC2)nc1. The van der Waals surface area contributed by atoms with Gasteiger partial charge in [-0.1, -0.05) is 12.7 Å². The quantitative estimate of drug-likeness (QED) is 0.266. The summed E-state index contributed by atoms with van der Waals surface area (Å²) in [6.07, 6.45) is 11.4. The molecule has 50 heavy (non-hydrogen) atoms. The molecule has 11 nitrogen and oxygen atoms in total. The standard InChI is InChI=1S/C39H54N8O3/c1-7-31-12-17-46(34-24-42-38-37(29(34)3)47(20-21-49-38)36(27-48)50-39(4,5)6)26-32(31)22-28(2)43-33-8-9-35(41-23-33)45-15-10-30(11-16-45)25-44-18-13-40-14-19-44/h7-9,22-24,30,40,43H,2,10-21,25-26H2,1,3-6H3/b31-7-,32-22-. The fourth-order valence-corrected chi connectivity index (χ4v) is 7.43. The Hall–Kier alpha value is -4.31. The number of fused-ring (bicyclic) bond motifs is 1. The summed E-state index contributed by atoms with van der Waals surface area (Å²) in [4.78, 5) is 30.8. The molecule has 0 atom stereocenters. The Labute approximate surface area is 297 Å². The van der Waals surface area contributed by atoms with Gasteiger partial charge in [-0.3, -0.25) is 4.90 Å². The summed E-state index contributed by atoms with van der Waals surface area (Å²) in [6, 6.07) is 4.22. The fraction of sp³-hybridized carbons (Fsp3) is 0.538. The molecule has 0 aliphatic carbocycles. The van der Waals surface area contributed by atoms with E-state index in [-0.39, 0.29) is 5.88 Å². The zero-order valence-electron chi connectivity index (χ0n) is 30.6. The number of nitrogens with one attached hydrogen (secondary N) is 2. The van der Waals surface area contributed by atoms with Gasteiger partial charge in [0.05, 0.1) is 30.3 Å². The van der Waals surface area contributed by atoms with Crippen LogP contribution in [0.2, 0.25) is 0 Å². The van der Waals surface area contributed by atoms with Crippen molar-refractivity contribution in [2.75, 3.05) is 92.1 Å². The maximum Gasteiger partial charge on any atom is 0.283 e. The highest BCUT2D eigenvalue weighted by Gasteiger charge is 2.32. The number of rotatable bonds is 9. The van der Waals surface area contributed by atoms with Crippen LogP contribution in [0, 0.1) is 12.8 Å². The van der Waals surface area contributed by atoms with Crippen LogP contribution in [0.4, 0.5) is 22.9 Å². The lowest BCUT2D eigenvalue weighted by molar-refractivity contribution is 0.0487. The van der Waals surface area contributed by atoms with Crippen molar-refractivity contribution in [1.82, 2.24) is 20.2 Å². The maximum absolute atomic E-state index is 12.1. The molecule has 3 fully saturated rings. The van der Waals surface area contributed by atoms with Crippen LogP contribution in [0.25, 0.3) is 0 Å². The van der Waals surface area contributed by atoms with Crippen LogP contribution in [-0.2, 0) is 9.53 Å². The van der Waals surface area contributed by atoms with E-state index in [1.54, 1.807) is 0 Å². The first-order valence-electron chi connectivity index (χ1n) is 18.2. The van der Waals surface area contributed by atoms with Crippen molar-refractivity contribution in [3.8, 4) is 5.88 Å². The molecular formula is C39H54N8O3. The van der Waals surface area contributed by atoms with Crippen molar-refractivity contribution in [3.05, 3.63) is 71.5 Å². The van der Waals surface area contributed by atoms with Gasteiger partial charge in [-0.05, 0) is 89.2 Å². The van der Waals surface area contributed by atoms with Gasteiger partial charge in [0, 0.05) is 70.2 Å². The molecule has 4 aliphatic heterocycles. The minimum Gasteiger partial charge on any atom is -0.474 e. The lowest BCUT2D eigenvalue weighted by atomic mass is 9.95. The van der Waals surface area contributed by atoms with E-state index in [4.69, 9.17) is 14.5 Å². The van der Waals surface area contributed by atoms with E-state index < -0.39 is 5.60 Å². The number of pyridine rings is 2. The maximum atomic E-state index is 12.1. The monoisotopic (exact) mass is 682 g/mol. The number of allylic oxidation sites excluding steroid dienone is 2. The number of hydrogen-bond acceptors (Lipinski definition) is 11. The molecule has 0 amide bonds. The van der Waals surface area contributed by atoms with Crippen molar-refractivity contribution in [2.45, 2.75) is 59.5 Å². The van der Waals surface area contributed by atoms with Crippen LogP contribution in [-0.4, -0.2) is 98.5 Å². The third-order valence-electron chi connectivity index (χ3n) is 9.98. The second-order valence-electron chi connectivity index (χ2n) is 14.7. The van der Waals surface area contributed by atoms with Crippen LogP contribution < -0.4 is 30.1 Å². The normalized spacial score (nSPS) is 20.7. The van der Waals surface area contributed by atoms with Crippen LogP contribution in [0.5, 0.6) is 5.88 Å². The van der Waals surface area contributed by atoms with E-state index in [9.17, 15) is 4.79 Å². The molecular weight excluding hydrogens is 628 g/mol. The number of carbonyl (C=O) groups excluding carboxylic acids is 1. The molecule has 2 N–H and O–H groups in total. The number of anilines is 4. The number of piperidine rings is 2. The summed E-state index contributed by atoms with van der Waals surface area (Å²) in [5, 5.41) is 6.92. The number of nitrogens with zero attached hydrogens (tertiary/aromatic N) is 6. The molecule has 11 heteroatoms. The molecule has 3 saturated heterocycles. The van der Waals surface area contributed by atoms with Crippen LogP contribution in [0.3, 0.4) is 0 Å². The molecule has 0 radical (unpaired) electrons. The van der Waals surface area contributed by atoms with Crippen molar-refractivity contribution in [2.24, 2.45) is 5.92 Å². The largest absolute Gasteiger partial charge is 0.474 e. The van der Waals surface area contributed by atoms with Crippen molar-refractivity contribution in [1.29, 1.82) is 0 Å². The van der Waals surface area contributed by atoms with Gasteiger partial charge in [0.2, 0.25) is 5.88 Å². The Balaban J connectivity index is 1.10. The number of piperazine rings is 1. The summed E-state index contributed by atoms with van der Waals surface area (Å²) < 4.78 is 11.9. The molecule has 2 aromatic rings. The molecule has 0 saturated carbocycles. The topological polar surface area (TPSA) is 98.3 Å². The first-order chi connectivity index (χ1) is 24.1. The second-order valence-corrected chi connectivity index (χ2v) is 14.7. The average Bonchev–Trinajstić information content (AvgIpc) is 3.11. The Morgan fingerprint density at radius 2 is 1.86 bits per heavy atom. The first-order valence-corrected chi connectivity index (χ1v) is 18.2. The molecule has 0 unspecified atom stereocenters. The minimum absolute atomic E-state index is 0.148. The van der Waals surface area contributed by atoms with Crippen molar-refractivity contribution in [3.63, 3.8) is 0 Å². The Morgan fingerprint density at radius 3 is 2.54 bits per heavy atom. The predicted octanol–water partition coefficient (Wildman–Crippen LogP) is 5.30. The molecule has 2 aromatic heterocycles. The van der Waals surface area contributed by atoms with E-state index >= 15 is 0 Å². The van der Waals surface area contributed by atoms with Crippen molar-refractivity contribution < 1.29 is 14.3 Å². The van der Waals surface area contributed by atoms with Gasteiger partial charge in [-0.25, -0.2) is 14.8 Å². The summed E-state index contributed by atoms with van der Waals surface area (Å²) in [6.45, 7) is 24.6. The Kier molecular flexibility index (Phi) is 11.2. The van der Waals surface area contributed by atoms with Gasteiger partial charge in [-0.2, -0.15) is 0 Å². The number of hydrogen-bond donors (Lipinski definition) is 2. The predicted molar refractivity (Wildman–Crippen MR) is 202 cm³/mol. The lowest BCUT2D eigenvalue weighted by Gasteiger charge is -2.37. The third-order valence-corrected chi connectivity index (χ3v) is 9.98. The fourth-order valence-electron chi connectivity index (χ4n) is 7.43. The zero-order valence-corrected chi connectivity index (χ0v) is 30.6. The van der Waals surface area contributed by atoms with E-state index in [1.165, 1.54) is 43.6 Å². The van der Waals surface area contributed by atoms with E-state index in [1.807, 2.05) is 44.0 Å². The van der Waals surface area contributed by atoms with Crippen LogP contribution >= 0.6 is 0 Å². The third kappa shape index (κ3) is 8.52.